The highest BCUT2D eigenvalue weighted by Gasteiger charge is 2.43. The molecule has 0 aliphatic carbocycles. The maximum absolute atomic E-state index is 12.5. The highest BCUT2D eigenvalue weighted by atomic mass is 16.6. The summed E-state index contributed by atoms with van der Waals surface area (Å²) in [6, 6.07) is 0. The molecule has 0 unspecified atom stereocenters. The Hall–Kier alpha value is -1.63. The number of rotatable bonds is 20. The maximum atomic E-state index is 12.5. The molecule has 0 aliphatic heterocycles. The van der Waals surface area contributed by atoms with E-state index in [9.17, 15) is 19.5 Å². The van der Waals surface area contributed by atoms with Crippen LogP contribution < -0.4 is 0 Å². The standard InChI is InChI=1S/C24H44O7/c1-4-7-10-13-16-29-21(25)19-24(28,23(27)31-18-15-12-9-6-3)20-22(26)30-17-14-11-8-5-2/h28H,4-20H2,1-3H3. The van der Waals surface area contributed by atoms with Crippen LogP contribution in [0.2, 0.25) is 0 Å². The number of carbonyl (C=O) groups excluding carboxylic acids is 3. The maximum Gasteiger partial charge on any atom is 0.339 e. The van der Waals surface area contributed by atoms with Gasteiger partial charge in [-0.15, -0.1) is 0 Å². The third-order valence-electron chi connectivity index (χ3n) is 5.01. The summed E-state index contributed by atoms with van der Waals surface area (Å²) >= 11 is 0. The monoisotopic (exact) mass is 444 g/mol. The molecule has 1 N–H and O–H groups in total. The van der Waals surface area contributed by atoms with E-state index < -0.39 is 36.4 Å². The van der Waals surface area contributed by atoms with Crippen LogP contribution in [0.15, 0.2) is 0 Å². The van der Waals surface area contributed by atoms with Crippen LogP contribution in [0, 0.1) is 0 Å². The lowest BCUT2D eigenvalue weighted by atomic mass is 9.95. The van der Waals surface area contributed by atoms with Crippen LogP contribution in [0.25, 0.3) is 0 Å². The molecule has 7 nitrogen and oxygen atoms in total. The Balaban J connectivity index is 4.72. The summed E-state index contributed by atoms with van der Waals surface area (Å²) < 4.78 is 15.4. The fourth-order valence-corrected chi connectivity index (χ4v) is 3.04. The predicted molar refractivity (Wildman–Crippen MR) is 119 cm³/mol. The average Bonchev–Trinajstić information content (AvgIpc) is 2.73. The van der Waals surface area contributed by atoms with Crippen molar-refractivity contribution < 1.29 is 33.7 Å². The lowest BCUT2D eigenvalue weighted by Crippen LogP contribution is -2.45. The van der Waals surface area contributed by atoms with Crippen LogP contribution >= 0.6 is 0 Å². The molecule has 0 saturated carbocycles. The van der Waals surface area contributed by atoms with Gasteiger partial charge in [0.2, 0.25) is 0 Å². The van der Waals surface area contributed by atoms with Gasteiger partial charge in [0.05, 0.1) is 32.7 Å². The second-order valence-electron chi connectivity index (χ2n) is 8.14. The Morgan fingerprint density at radius 3 is 1.29 bits per heavy atom. The average molecular weight is 445 g/mol. The minimum Gasteiger partial charge on any atom is -0.466 e. The molecule has 0 saturated heterocycles. The quantitative estimate of drug-likeness (QED) is 0.162. The van der Waals surface area contributed by atoms with Crippen molar-refractivity contribution in [3.8, 4) is 0 Å². The van der Waals surface area contributed by atoms with Gasteiger partial charge in [-0.25, -0.2) is 4.79 Å². The van der Waals surface area contributed by atoms with E-state index in [0.717, 1.165) is 70.6 Å². The number of carbonyl (C=O) groups is 3. The molecule has 0 aliphatic rings. The molecule has 0 radical (unpaired) electrons. The number of hydrogen-bond donors (Lipinski definition) is 1. The second kappa shape index (κ2) is 19.1. The Labute approximate surface area is 188 Å². The van der Waals surface area contributed by atoms with Gasteiger partial charge in [-0.2, -0.15) is 0 Å². The van der Waals surface area contributed by atoms with E-state index >= 15 is 0 Å². The van der Waals surface area contributed by atoms with E-state index in [-0.39, 0.29) is 19.8 Å². The van der Waals surface area contributed by atoms with E-state index in [1.165, 1.54) is 0 Å². The van der Waals surface area contributed by atoms with Crippen molar-refractivity contribution in [3.05, 3.63) is 0 Å². The largest absolute Gasteiger partial charge is 0.466 e. The van der Waals surface area contributed by atoms with Crippen molar-refractivity contribution in [2.75, 3.05) is 19.8 Å². The number of hydrogen-bond acceptors (Lipinski definition) is 7. The van der Waals surface area contributed by atoms with Gasteiger partial charge in [0.15, 0.2) is 5.60 Å². The first-order valence-electron chi connectivity index (χ1n) is 12.1. The van der Waals surface area contributed by atoms with Crippen molar-refractivity contribution in [3.63, 3.8) is 0 Å². The molecular weight excluding hydrogens is 400 g/mol. The Morgan fingerprint density at radius 1 is 0.581 bits per heavy atom. The van der Waals surface area contributed by atoms with Gasteiger partial charge in [-0.05, 0) is 19.3 Å². The fraction of sp³-hybridized carbons (Fsp3) is 0.875. The normalized spacial score (nSPS) is 11.2. The molecule has 0 aromatic heterocycles. The number of ether oxygens (including phenoxy) is 3. The molecule has 7 heteroatoms. The van der Waals surface area contributed by atoms with Crippen LogP contribution in [-0.4, -0.2) is 48.4 Å². The summed E-state index contributed by atoms with van der Waals surface area (Å²) in [6.45, 7) is 6.84. The summed E-state index contributed by atoms with van der Waals surface area (Å²) in [5.74, 6) is -2.43. The van der Waals surface area contributed by atoms with Gasteiger partial charge in [0, 0.05) is 0 Å². The zero-order chi connectivity index (χ0) is 23.4. The van der Waals surface area contributed by atoms with E-state index in [2.05, 4.69) is 20.8 Å². The van der Waals surface area contributed by atoms with Gasteiger partial charge in [0.1, 0.15) is 0 Å². The minimum atomic E-state index is -2.27. The van der Waals surface area contributed by atoms with Crippen LogP contribution in [0.4, 0.5) is 0 Å². The molecule has 182 valence electrons. The van der Waals surface area contributed by atoms with Crippen molar-refractivity contribution in [2.24, 2.45) is 0 Å². The molecule has 0 amide bonds. The first kappa shape index (κ1) is 29.4. The van der Waals surface area contributed by atoms with Crippen molar-refractivity contribution >= 4 is 17.9 Å². The van der Waals surface area contributed by atoms with Crippen LogP contribution in [-0.2, 0) is 28.6 Å². The molecule has 31 heavy (non-hydrogen) atoms. The molecule has 0 rings (SSSR count). The topological polar surface area (TPSA) is 99.1 Å². The van der Waals surface area contributed by atoms with Gasteiger partial charge < -0.3 is 19.3 Å². The summed E-state index contributed by atoms with van der Waals surface area (Å²) in [7, 11) is 0. The summed E-state index contributed by atoms with van der Waals surface area (Å²) in [5.41, 5.74) is -2.27. The van der Waals surface area contributed by atoms with Crippen molar-refractivity contribution in [1.82, 2.24) is 0 Å². The van der Waals surface area contributed by atoms with E-state index in [0.29, 0.717) is 6.42 Å². The zero-order valence-electron chi connectivity index (χ0n) is 19.9. The number of esters is 3. The molecule has 0 atom stereocenters. The smallest absolute Gasteiger partial charge is 0.339 e. The first-order valence-corrected chi connectivity index (χ1v) is 12.1. The lowest BCUT2D eigenvalue weighted by molar-refractivity contribution is -0.178. The van der Waals surface area contributed by atoms with Crippen molar-refractivity contribution in [2.45, 2.75) is 116 Å². The van der Waals surface area contributed by atoms with Crippen LogP contribution in [0.3, 0.4) is 0 Å². The molecular formula is C24H44O7. The lowest BCUT2D eigenvalue weighted by Gasteiger charge is -2.24. The minimum absolute atomic E-state index is 0.138. The highest BCUT2D eigenvalue weighted by molar-refractivity contribution is 5.90. The Bertz CT molecular complexity index is 462. The highest BCUT2D eigenvalue weighted by Crippen LogP contribution is 2.20. The molecule has 0 heterocycles. The second-order valence-corrected chi connectivity index (χ2v) is 8.14. The van der Waals surface area contributed by atoms with Gasteiger partial charge in [0.25, 0.3) is 0 Å². The molecule has 0 aromatic carbocycles. The van der Waals surface area contributed by atoms with Crippen LogP contribution in [0.5, 0.6) is 0 Å². The molecule has 0 bridgehead atoms. The number of aliphatic hydroxyl groups is 1. The summed E-state index contributed by atoms with van der Waals surface area (Å²) in [4.78, 5) is 36.9. The first-order chi connectivity index (χ1) is 14.9. The van der Waals surface area contributed by atoms with Crippen LogP contribution in [0.1, 0.15) is 111 Å². The third kappa shape index (κ3) is 15.8. The predicted octanol–water partition coefficient (Wildman–Crippen LogP) is 4.87. The summed E-state index contributed by atoms with van der Waals surface area (Å²) in [5, 5.41) is 10.8. The van der Waals surface area contributed by atoms with Gasteiger partial charge >= 0.3 is 17.9 Å². The van der Waals surface area contributed by atoms with E-state index in [1.807, 2.05) is 0 Å². The van der Waals surface area contributed by atoms with E-state index in [4.69, 9.17) is 14.2 Å². The SMILES string of the molecule is CCCCCCOC(=O)CC(O)(CC(=O)OCCCCCC)C(=O)OCCCCCC. The molecule has 0 aromatic rings. The Kier molecular flexibility index (Phi) is 18.1. The molecule has 0 fully saturated rings. The molecule has 0 spiro atoms. The fourth-order valence-electron chi connectivity index (χ4n) is 3.04. The van der Waals surface area contributed by atoms with Gasteiger partial charge in [-0.1, -0.05) is 78.6 Å². The Morgan fingerprint density at radius 2 is 0.935 bits per heavy atom. The zero-order valence-corrected chi connectivity index (χ0v) is 19.9. The number of unbranched alkanes of at least 4 members (excludes halogenated alkanes) is 9. The van der Waals surface area contributed by atoms with E-state index in [1.54, 1.807) is 0 Å². The van der Waals surface area contributed by atoms with Crippen molar-refractivity contribution in [1.29, 1.82) is 0 Å². The van der Waals surface area contributed by atoms with Gasteiger partial charge in [-0.3, -0.25) is 9.59 Å². The third-order valence-corrected chi connectivity index (χ3v) is 5.01. The summed E-state index contributed by atoms with van der Waals surface area (Å²) in [6.07, 6.45) is 9.96.